The SMILES string of the molecule is C=CCOc1c(Br)cc(/C=N\NC(=O)c2cccc(Br)c2)cc1OC. The van der Waals surface area contributed by atoms with Crippen molar-refractivity contribution in [1.82, 2.24) is 5.43 Å². The molecule has 0 fully saturated rings. The number of hydrogen-bond acceptors (Lipinski definition) is 4. The predicted molar refractivity (Wildman–Crippen MR) is 106 cm³/mol. The third-order valence-electron chi connectivity index (χ3n) is 3.06. The number of amides is 1. The van der Waals surface area contributed by atoms with Crippen LogP contribution < -0.4 is 14.9 Å². The summed E-state index contributed by atoms with van der Waals surface area (Å²) in [5.41, 5.74) is 3.74. The van der Waals surface area contributed by atoms with Crippen molar-refractivity contribution in [3.05, 3.63) is 69.1 Å². The van der Waals surface area contributed by atoms with Gasteiger partial charge in [0, 0.05) is 10.0 Å². The Morgan fingerprint density at radius 1 is 1.32 bits per heavy atom. The number of nitrogens with one attached hydrogen (secondary N) is 1. The maximum atomic E-state index is 12.0. The normalized spacial score (nSPS) is 10.5. The average Bonchev–Trinajstić information content (AvgIpc) is 2.60. The maximum Gasteiger partial charge on any atom is 0.271 e. The Balaban J connectivity index is 2.11. The lowest BCUT2D eigenvalue weighted by Crippen LogP contribution is -2.17. The van der Waals surface area contributed by atoms with Crippen LogP contribution in [0.4, 0.5) is 0 Å². The minimum atomic E-state index is -0.297. The number of ether oxygens (including phenoxy) is 2. The van der Waals surface area contributed by atoms with Crippen LogP contribution in [0.25, 0.3) is 0 Å². The van der Waals surface area contributed by atoms with E-state index in [2.05, 4.69) is 49.0 Å². The Bertz CT molecular complexity index is 807. The number of hydrogen-bond donors (Lipinski definition) is 1. The van der Waals surface area contributed by atoms with Crippen molar-refractivity contribution in [1.29, 1.82) is 0 Å². The molecule has 0 bridgehead atoms. The third kappa shape index (κ3) is 5.44. The summed E-state index contributed by atoms with van der Waals surface area (Å²) in [5.74, 6) is 0.836. The Labute approximate surface area is 163 Å². The Morgan fingerprint density at radius 3 is 2.80 bits per heavy atom. The Kier molecular flexibility index (Phi) is 7.21. The van der Waals surface area contributed by atoms with Gasteiger partial charge in [0.25, 0.3) is 5.91 Å². The molecular formula is C18H16Br2N2O3. The first kappa shape index (κ1) is 19.2. The molecule has 0 aliphatic heterocycles. The van der Waals surface area contributed by atoms with E-state index in [9.17, 15) is 4.79 Å². The second kappa shape index (κ2) is 9.39. The molecule has 0 radical (unpaired) electrons. The molecular weight excluding hydrogens is 452 g/mol. The summed E-state index contributed by atoms with van der Waals surface area (Å²) in [7, 11) is 1.55. The summed E-state index contributed by atoms with van der Waals surface area (Å²) in [6.07, 6.45) is 3.18. The van der Waals surface area contributed by atoms with Crippen LogP contribution >= 0.6 is 31.9 Å². The van der Waals surface area contributed by atoms with Gasteiger partial charge in [0.1, 0.15) is 6.61 Å². The predicted octanol–water partition coefficient (Wildman–Crippen LogP) is 4.55. The molecule has 0 heterocycles. The van der Waals surface area contributed by atoms with Crippen LogP contribution in [0, 0.1) is 0 Å². The average molecular weight is 468 g/mol. The summed E-state index contributed by atoms with van der Waals surface area (Å²) < 4.78 is 12.4. The van der Waals surface area contributed by atoms with E-state index in [-0.39, 0.29) is 5.91 Å². The molecule has 7 heteroatoms. The molecule has 0 saturated carbocycles. The monoisotopic (exact) mass is 466 g/mol. The number of methoxy groups -OCH3 is 1. The fraction of sp³-hybridized carbons (Fsp3) is 0.111. The van der Waals surface area contributed by atoms with Gasteiger partial charge in [-0.1, -0.05) is 34.7 Å². The van der Waals surface area contributed by atoms with Gasteiger partial charge in [-0.3, -0.25) is 4.79 Å². The summed E-state index contributed by atoms with van der Waals surface area (Å²) in [5, 5.41) is 3.98. The van der Waals surface area contributed by atoms with Gasteiger partial charge >= 0.3 is 0 Å². The lowest BCUT2D eigenvalue weighted by Gasteiger charge is -2.12. The molecule has 2 aromatic rings. The number of hydrazone groups is 1. The largest absolute Gasteiger partial charge is 0.493 e. The number of nitrogens with zero attached hydrogens (tertiary/aromatic N) is 1. The van der Waals surface area contributed by atoms with Crippen molar-refractivity contribution < 1.29 is 14.3 Å². The van der Waals surface area contributed by atoms with Crippen LogP contribution in [0.2, 0.25) is 0 Å². The second-order valence-electron chi connectivity index (χ2n) is 4.84. The summed E-state index contributed by atoms with van der Waals surface area (Å²) >= 11 is 6.77. The lowest BCUT2D eigenvalue weighted by atomic mass is 10.2. The molecule has 0 aliphatic rings. The summed E-state index contributed by atoms with van der Waals surface area (Å²) in [6, 6.07) is 10.6. The maximum absolute atomic E-state index is 12.0. The molecule has 0 aliphatic carbocycles. The van der Waals surface area contributed by atoms with Crippen molar-refractivity contribution in [2.24, 2.45) is 5.10 Å². The fourth-order valence-electron chi connectivity index (χ4n) is 1.96. The Morgan fingerprint density at radius 2 is 2.12 bits per heavy atom. The molecule has 0 aromatic heterocycles. The smallest absolute Gasteiger partial charge is 0.271 e. The van der Waals surface area contributed by atoms with E-state index < -0.39 is 0 Å². The minimum absolute atomic E-state index is 0.297. The van der Waals surface area contributed by atoms with E-state index >= 15 is 0 Å². The van der Waals surface area contributed by atoms with E-state index in [1.165, 1.54) is 6.21 Å². The Hall–Kier alpha value is -2.12. The van der Waals surface area contributed by atoms with Crippen molar-refractivity contribution >= 4 is 44.0 Å². The lowest BCUT2D eigenvalue weighted by molar-refractivity contribution is 0.0955. The van der Waals surface area contributed by atoms with E-state index in [1.807, 2.05) is 12.1 Å². The van der Waals surface area contributed by atoms with Gasteiger partial charge in [-0.25, -0.2) is 5.43 Å². The number of rotatable bonds is 7. The summed E-state index contributed by atoms with van der Waals surface area (Å²) in [6.45, 7) is 3.99. The van der Waals surface area contributed by atoms with Crippen molar-refractivity contribution in [2.75, 3.05) is 13.7 Å². The topological polar surface area (TPSA) is 59.9 Å². The van der Waals surface area contributed by atoms with Gasteiger partial charge in [-0.2, -0.15) is 5.10 Å². The first-order valence-corrected chi connectivity index (χ1v) is 8.84. The molecule has 2 aromatic carbocycles. The zero-order chi connectivity index (χ0) is 18.2. The standard InChI is InChI=1S/C18H16Br2N2O3/c1-3-7-25-17-15(20)8-12(9-16(17)24-2)11-21-22-18(23)13-5-4-6-14(19)10-13/h3-6,8-11H,1,7H2,2H3,(H,22,23)/b21-11-. The fourth-order valence-corrected chi connectivity index (χ4v) is 2.93. The van der Waals surface area contributed by atoms with E-state index in [4.69, 9.17) is 9.47 Å². The quantitative estimate of drug-likeness (QED) is 0.369. The molecule has 0 saturated heterocycles. The number of carbonyl (C=O) groups is 1. The zero-order valence-corrected chi connectivity index (χ0v) is 16.6. The van der Waals surface area contributed by atoms with Crippen LogP contribution in [0.3, 0.4) is 0 Å². The molecule has 130 valence electrons. The van der Waals surface area contributed by atoms with Crippen molar-refractivity contribution in [2.45, 2.75) is 0 Å². The highest BCUT2D eigenvalue weighted by atomic mass is 79.9. The third-order valence-corrected chi connectivity index (χ3v) is 4.15. The highest BCUT2D eigenvalue weighted by molar-refractivity contribution is 9.10. The highest BCUT2D eigenvalue weighted by Gasteiger charge is 2.11. The first-order valence-electron chi connectivity index (χ1n) is 7.25. The number of benzene rings is 2. The van der Waals surface area contributed by atoms with Crippen molar-refractivity contribution in [3.8, 4) is 11.5 Å². The van der Waals surface area contributed by atoms with Crippen molar-refractivity contribution in [3.63, 3.8) is 0 Å². The van der Waals surface area contributed by atoms with E-state index in [0.717, 1.165) is 10.0 Å². The van der Waals surface area contributed by atoms with Crippen LogP contribution in [0.15, 0.2) is 63.1 Å². The first-order chi connectivity index (χ1) is 12.0. The molecule has 0 atom stereocenters. The summed E-state index contributed by atoms with van der Waals surface area (Å²) in [4.78, 5) is 12.0. The zero-order valence-electron chi connectivity index (χ0n) is 13.5. The van der Waals surface area contributed by atoms with Crippen LogP contribution in [-0.4, -0.2) is 25.8 Å². The number of carbonyl (C=O) groups excluding carboxylic acids is 1. The van der Waals surface area contributed by atoms with Gasteiger partial charge in [0.2, 0.25) is 0 Å². The van der Waals surface area contributed by atoms with Gasteiger partial charge in [-0.15, -0.1) is 0 Å². The van der Waals surface area contributed by atoms with Gasteiger partial charge in [0.05, 0.1) is 17.8 Å². The van der Waals surface area contributed by atoms with E-state index in [1.54, 1.807) is 37.5 Å². The molecule has 2 rings (SSSR count). The molecule has 1 N–H and O–H groups in total. The second-order valence-corrected chi connectivity index (χ2v) is 6.61. The van der Waals surface area contributed by atoms with Gasteiger partial charge < -0.3 is 9.47 Å². The van der Waals surface area contributed by atoms with Gasteiger partial charge in [0.15, 0.2) is 11.5 Å². The van der Waals surface area contributed by atoms with Gasteiger partial charge in [-0.05, 0) is 51.8 Å². The van der Waals surface area contributed by atoms with Crippen LogP contribution in [0.1, 0.15) is 15.9 Å². The minimum Gasteiger partial charge on any atom is -0.493 e. The van der Waals surface area contributed by atoms with Crippen LogP contribution in [0.5, 0.6) is 11.5 Å². The molecule has 25 heavy (non-hydrogen) atoms. The molecule has 0 unspecified atom stereocenters. The van der Waals surface area contributed by atoms with Crippen LogP contribution in [-0.2, 0) is 0 Å². The molecule has 5 nitrogen and oxygen atoms in total. The highest BCUT2D eigenvalue weighted by Crippen LogP contribution is 2.36. The number of halogens is 2. The molecule has 0 spiro atoms. The molecule has 1 amide bonds. The van der Waals surface area contributed by atoms with E-state index in [0.29, 0.717) is 28.1 Å².